The Balaban J connectivity index is 0.000000935. The minimum absolute atomic E-state index is 0.159. The van der Waals surface area contributed by atoms with E-state index in [1.165, 1.54) is 18.6 Å². The van der Waals surface area contributed by atoms with Crippen LogP contribution in [-0.4, -0.2) is 19.4 Å². The molecule has 0 fully saturated rings. The molecule has 8 heteroatoms. The number of benzene rings is 3. The van der Waals surface area contributed by atoms with Gasteiger partial charge in [0.25, 0.3) is 0 Å². The topological polar surface area (TPSA) is 64.3 Å². The van der Waals surface area contributed by atoms with Crippen molar-refractivity contribution in [2.75, 3.05) is 7.05 Å². The van der Waals surface area contributed by atoms with Crippen LogP contribution in [0.25, 0.3) is 10.8 Å². The predicted molar refractivity (Wildman–Crippen MR) is 138 cm³/mol. The number of ether oxygens (including phenoxy) is 1. The number of hydrogen-bond donors (Lipinski definition) is 3. The average Bonchev–Trinajstić information content (AvgIpc) is 2.84. The quantitative estimate of drug-likeness (QED) is 0.261. The van der Waals surface area contributed by atoms with Gasteiger partial charge in [-0.1, -0.05) is 64.4 Å². The number of rotatable bonds is 5. The number of nitrogens with two attached hydrogens (primary N) is 1. The molecule has 34 heavy (non-hydrogen) atoms. The molecule has 3 aromatic rings. The molecule has 0 amide bonds. The molecule has 0 unspecified atom stereocenters. The maximum absolute atomic E-state index is 12.6. The number of halogens is 3. The minimum Gasteiger partial charge on any atom is -0.488 e. The summed E-state index contributed by atoms with van der Waals surface area (Å²) in [5.74, 6) is 0.616. The van der Waals surface area contributed by atoms with Gasteiger partial charge in [-0.25, -0.2) is 0 Å². The highest BCUT2D eigenvalue weighted by atomic mass is 32.1. The van der Waals surface area contributed by atoms with Crippen molar-refractivity contribution in [3.63, 3.8) is 0 Å². The molecule has 0 heterocycles. The molecule has 0 bridgehead atoms. The first-order valence-electron chi connectivity index (χ1n) is 10.9. The van der Waals surface area contributed by atoms with Gasteiger partial charge in [0.1, 0.15) is 18.6 Å². The molecule has 188 valence electrons. The van der Waals surface area contributed by atoms with Crippen LogP contribution in [0.3, 0.4) is 0 Å². The van der Waals surface area contributed by atoms with Gasteiger partial charge in [-0.05, 0) is 48.3 Å². The number of carbonyl (C=O) groups excluding carboxylic acids is 1. The maximum atomic E-state index is 12.6. The highest BCUT2D eigenvalue weighted by molar-refractivity contribution is 7.77. The highest BCUT2D eigenvalue weighted by Crippen LogP contribution is 2.30. The minimum atomic E-state index is -4.34. The molecular weight excluding hydrogens is 461 g/mol. The van der Waals surface area contributed by atoms with E-state index < -0.39 is 11.7 Å². The van der Waals surface area contributed by atoms with Crippen LogP contribution in [0.1, 0.15) is 55.6 Å². The zero-order valence-corrected chi connectivity index (χ0v) is 21.2. The third-order valence-corrected chi connectivity index (χ3v) is 4.25. The number of hydrogen-bond acceptors (Lipinski definition) is 5. The second-order valence-electron chi connectivity index (χ2n) is 7.49. The van der Waals surface area contributed by atoms with Gasteiger partial charge >= 0.3 is 6.18 Å². The molecule has 3 N–H and O–H groups in total. The van der Waals surface area contributed by atoms with Crippen molar-refractivity contribution in [2.24, 2.45) is 5.14 Å². The first kappa shape index (κ1) is 31.4. The summed E-state index contributed by atoms with van der Waals surface area (Å²) in [4.78, 5) is 10.8. The van der Waals surface area contributed by atoms with Gasteiger partial charge < -0.3 is 10.1 Å². The predicted octanol–water partition coefficient (Wildman–Crippen LogP) is 7.07. The Bertz CT molecular complexity index is 962. The highest BCUT2D eigenvalue weighted by Gasteiger charge is 2.29. The largest absolute Gasteiger partial charge is 0.488 e. The smallest absolute Gasteiger partial charge is 0.416 e. The van der Waals surface area contributed by atoms with Crippen molar-refractivity contribution in [2.45, 2.75) is 52.9 Å². The van der Waals surface area contributed by atoms with Gasteiger partial charge in [-0.2, -0.15) is 13.2 Å². The Morgan fingerprint density at radius 3 is 2.06 bits per heavy atom. The normalized spacial score (nSPS) is 10.2. The van der Waals surface area contributed by atoms with Crippen LogP contribution in [-0.2, 0) is 12.8 Å². The van der Waals surface area contributed by atoms with E-state index in [-0.39, 0.29) is 6.61 Å². The third-order valence-electron chi connectivity index (χ3n) is 4.25. The average molecular weight is 497 g/mol. The number of alkyl halides is 3. The van der Waals surface area contributed by atoms with Crippen LogP contribution in [0.4, 0.5) is 13.2 Å². The number of carbonyl (C=O) groups is 1. The second kappa shape index (κ2) is 17.0. The van der Waals surface area contributed by atoms with Crippen molar-refractivity contribution in [3.05, 3.63) is 77.4 Å². The van der Waals surface area contributed by atoms with E-state index in [0.717, 1.165) is 29.2 Å². The Morgan fingerprint density at radius 2 is 1.59 bits per heavy atom. The first-order chi connectivity index (χ1) is 16.2. The Hall–Kier alpha value is -2.55. The summed E-state index contributed by atoms with van der Waals surface area (Å²) in [7, 11) is 1.95. The van der Waals surface area contributed by atoms with E-state index in [2.05, 4.69) is 51.0 Å². The fourth-order valence-corrected chi connectivity index (χ4v) is 2.42. The van der Waals surface area contributed by atoms with Gasteiger partial charge in [0.05, 0.1) is 5.56 Å². The molecule has 0 aliphatic rings. The molecule has 3 aromatic carbocycles. The Morgan fingerprint density at radius 1 is 1.03 bits per heavy atom. The number of fused-ring (bicyclic) bond motifs is 1. The molecule has 0 atom stereocenters. The van der Waals surface area contributed by atoms with E-state index in [1.54, 1.807) is 30.3 Å². The Kier molecular flexibility index (Phi) is 15.7. The summed E-state index contributed by atoms with van der Waals surface area (Å²) in [5.41, 5.74) is 0.532. The summed E-state index contributed by atoms with van der Waals surface area (Å²) in [6.07, 6.45) is -2.32. The summed E-state index contributed by atoms with van der Waals surface area (Å²) < 4.78 is 43.4. The Labute approximate surface area is 206 Å². The van der Waals surface area contributed by atoms with E-state index in [1.807, 2.05) is 13.1 Å². The van der Waals surface area contributed by atoms with Gasteiger partial charge in [0.15, 0.2) is 0 Å². The SMILES string of the molecule is CCC.CNC(C)C.NS.O=Cc1ccc2c(OCc3ccc(C(F)(F)F)cc3)cccc2c1. The van der Waals surface area contributed by atoms with Crippen molar-refractivity contribution >= 4 is 29.9 Å². The standard InChI is InChI=1S/C19H13F3O2.C4H11N.C3H8.H3NS/c20-19(21,22)16-7-4-13(5-8-16)12-24-18-3-1-2-15-10-14(11-23)6-9-17(15)18;1-4(2)5-3;1-3-2;1-2/h1-11H,12H2;4-5H,1-3H3;3H2,1-2H3;2H,1H2. The van der Waals surface area contributed by atoms with Gasteiger partial charge in [-0.3, -0.25) is 9.93 Å². The fourth-order valence-electron chi connectivity index (χ4n) is 2.42. The van der Waals surface area contributed by atoms with Gasteiger partial charge in [0, 0.05) is 17.0 Å². The zero-order valence-electron chi connectivity index (χ0n) is 20.3. The van der Waals surface area contributed by atoms with E-state index in [4.69, 9.17) is 4.74 Å². The van der Waals surface area contributed by atoms with Crippen LogP contribution in [0.2, 0.25) is 0 Å². The van der Waals surface area contributed by atoms with Gasteiger partial charge in [-0.15, -0.1) is 12.8 Å². The molecule has 0 saturated carbocycles. The summed E-state index contributed by atoms with van der Waals surface area (Å²) in [6.45, 7) is 8.63. The monoisotopic (exact) mass is 496 g/mol. The number of nitrogens with one attached hydrogen (secondary N) is 1. The first-order valence-corrected chi connectivity index (χ1v) is 11.4. The van der Waals surface area contributed by atoms with E-state index in [9.17, 15) is 18.0 Å². The molecule has 0 aliphatic carbocycles. The second-order valence-corrected chi connectivity index (χ2v) is 7.49. The fraction of sp³-hybridized carbons (Fsp3) is 0.346. The van der Waals surface area contributed by atoms with Crippen molar-refractivity contribution < 1.29 is 22.7 Å². The van der Waals surface area contributed by atoms with Crippen LogP contribution in [0.15, 0.2) is 60.7 Å². The van der Waals surface area contributed by atoms with E-state index >= 15 is 0 Å². The lowest BCUT2D eigenvalue weighted by molar-refractivity contribution is -0.137. The lowest BCUT2D eigenvalue weighted by atomic mass is 10.1. The summed E-state index contributed by atoms with van der Waals surface area (Å²) in [6, 6.07) is 16.2. The van der Waals surface area contributed by atoms with Crippen LogP contribution >= 0.6 is 12.8 Å². The zero-order chi connectivity index (χ0) is 26.1. The molecule has 0 radical (unpaired) electrons. The lowest BCUT2D eigenvalue weighted by Crippen LogP contribution is -2.15. The molecular formula is C26H35F3N2O2S. The van der Waals surface area contributed by atoms with Crippen LogP contribution in [0.5, 0.6) is 5.75 Å². The van der Waals surface area contributed by atoms with Crippen molar-refractivity contribution in [3.8, 4) is 5.75 Å². The lowest BCUT2D eigenvalue weighted by Gasteiger charge is -2.11. The molecule has 0 aromatic heterocycles. The number of thiol groups is 1. The summed E-state index contributed by atoms with van der Waals surface area (Å²) in [5, 5.41) is 8.93. The molecule has 0 saturated heterocycles. The van der Waals surface area contributed by atoms with E-state index in [0.29, 0.717) is 22.9 Å². The van der Waals surface area contributed by atoms with Crippen LogP contribution in [0, 0.1) is 0 Å². The molecule has 3 rings (SSSR count). The third kappa shape index (κ3) is 11.5. The summed E-state index contributed by atoms with van der Waals surface area (Å²) >= 11 is 3.03. The molecule has 0 aliphatic heterocycles. The molecule has 4 nitrogen and oxygen atoms in total. The van der Waals surface area contributed by atoms with Crippen LogP contribution < -0.4 is 15.2 Å². The maximum Gasteiger partial charge on any atom is 0.416 e. The van der Waals surface area contributed by atoms with Crippen molar-refractivity contribution in [1.82, 2.24) is 5.32 Å². The van der Waals surface area contributed by atoms with Crippen molar-refractivity contribution in [1.29, 1.82) is 0 Å². The molecule has 0 spiro atoms. The number of aldehydes is 1. The van der Waals surface area contributed by atoms with Gasteiger partial charge in [0.2, 0.25) is 0 Å².